The van der Waals surface area contributed by atoms with Gasteiger partial charge in [0, 0.05) is 6.54 Å². The predicted molar refractivity (Wildman–Crippen MR) is 62.1 cm³/mol. The van der Waals surface area contributed by atoms with Crippen molar-refractivity contribution in [2.24, 2.45) is 0 Å². The number of fused-ring (bicyclic) bond motifs is 1. The Balaban J connectivity index is 2.26. The first kappa shape index (κ1) is 12.0. The van der Waals surface area contributed by atoms with E-state index < -0.39 is 0 Å². The molecule has 4 heteroatoms. The molecular formula is C13H16FNO2. The fourth-order valence-electron chi connectivity index (χ4n) is 2.28. The van der Waals surface area contributed by atoms with E-state index in [9.17, 15) is 9.18 Å². The zero-order valence-electron chi connectivity index (χ0n) is 9.83. The SMILES string of the molecule is COC(=O)CC1CCNCc2cc(F)ccc21. The smallest absolute Gasteiger partial charge is 0.306 e. The number of carbonyl (C=O) groups excluding carboxylic acids is 1. The lowest BCUT2D eigenvalue weighted by molar-refractivity contribution is -0.141. The van der Waals surface area contributed by atoms with Crippen molar-refractivity contribution >= 4 is 5.97 Å². The topological polar surface area (TPSA) is 38.3 Å². The Labute approximate surface area is 100.0 Å². The first-order valence-corrected chi connectivity index (χ1v) is 5.76. The van der Waals surface area contributed by atoms with Crippen molar-refractivity contribution < 1.29 is 13.9 Å². The highest BCUT2D eigenvalue weighted by molar-refractivity contribution is 5.70. The Hall–Kier alpha value is -1.42. The van der Waals surface area contributed by atoms with E-state index in [0.717, 1.165) is 24.1 Å². The van der Waals surface area contributed by atoms with Crippen LogP contribution in [0.3, 0.4) is 0 Å². The second-order valence-corrected chi connectivity index (χ2v) is 4.29. The number of hydrogen-bond acceptors (Lipinski definition) is 3. The molecule has 0 saturated carbocycles. The number of rotatable bonds is 2. The Morgan fingerprint density at radius 2 is 2.41 bits per heavy atom. The zero-order chi connectivity index (χ0) is 12.3. The number of esters is 1. The molecule has 1 N–H and O–H groups in total. The summed E-state index contributed by atoms with van der Waals surface area (Å²) in [6.45, 7) is 1.49. The lowest BCUT2D eigenvalue weighted by atomic mass is 9.90. The zero-order valence-corrected chi connectivity index (χ0v) is 9.83. The highest BCUT2D eigenvalue weighted by atomic mass is 19.1. The first-order valence-electron chi connectivity index (χ1n) is 5.76. The van der Waals surface area contributed by atoms with Crippen LogP contribution in [-0.4, -0.2) is 19.6 Å². The van der Waals surface area contributed by atoms with Gasteiger partial charge in [-0.05, 0) is 42.1 Å². The van der Waals surface area contributed by atoms with Crippen LogP contribution in [0.4, 0.5) is 4.39 Å². The monoisotopic (exact) mass is 237 g/mol. The summed E-state index contributed by atoms with van der Waals surface area (Å²) in [6, 6.07) is 4.78. The minimum Gasteiger partial charge on any atom is -0.469 e. The minimum atomic E-state index is -0.232. The number of benzene rings is 1. The van der Waals surface area contributed by atoms with E-state index in [1.54, 1.807) is 6.07 Å². The largest absolute Gasteiger partial charge is 0.469 e. The van der Waals surface area contributed by atoms with Crippen LogP contribution in [0.25, 0.3) is 0 Å². The molecule has 0 radical (unpaired) electrons. The van der Waals surface area contributed by atoms with Crippen LogP contribution in [0.2, 0.25) is 0 Å². The molecule has 1 unspecified atom stereocenters. The summed E-state index contributed by atoms with van der Waals surface area (Å²) in [7, 11) is 1.39. The van der Waals surface area contributed by atoms with Crippen molar-refractivity contribution in [2.45, 2.75) is 25.3 Å². The van der Waals surface area contributed by atoms with Gasteiger partial charge in [0.15, 0.2) is 0 Å². The van der Waals surface area contributed by atoms with Crippen LogP contribution in [0.5, 0.6) is 0 Å². The van der Waals surface area contributed by atoms with Crippen LogP contribution >= 0.6 is 0 Å². The highest BCUT2D eigenvalue weighted by Crippen LogP contribution is 2.29. The van der Waals surface area contributed by atoms with E-state index in [2.05, 4.69) is 5.32 Å². The summed E-state index contributed by atoms with van der Waals surface area (Å²) in [5.41, 5.74) is 2.00. The van der Waals surface area contributed by atoms with E-state index in [4.69, 9.17) is 4.74 Å². The third kappa shape index (κ3) is 2.82. The van der Waals surface area contributed by atoms with Gasteiger partial charge in [-0.2, -0.15) is 0 Å². The second-order valence-electron chi connectivity index (χ2n) is 4.29. The van der Waals surface area contributed by atoms with Gasteiger partial charge < -0.3 is 10.1 Å². The Kier molecular flexibility index (Phi) is 3.74. The van der Waals surface area contributed by atoms with Gasteiger partial charge >= 0.3 is 5.97 Å². The van der Waals surface area contributed by atoms with Crippen LogP contribution in [0, 0.1) is 5.82 Å². The summed E-state index contributed by atoms with van der Waals surface area (Å²) < 4.78 is 17.9. The summed E-state index contributed by atoms with van der Waals surface area (Å²) in [5.74, 6) is -0.329. The van der Waals surface area contributed by atoms with Crippen molar-refractivity contribution in [3.05, 3.63) is 35.1 Å². The second kappa shape index (κ2) is 5.27. The molecular weight excluding hydrogens is 221 g/mol. The van der Waals surface area contributed by atoms with Crippen molar-refractivity contribution in [2.75, 3.05) is 13.7 Å². The molecule has 1 aliphatic rings. The van der Waals surface area contributed by atoms with Crippen LogP contribution in [0.1, 0.15) is 29.9 Å². The third-order valence-corrected chi connectivity index (χ3v) is 3.17. The molecule has 92 valence electrons. The van der Waals surface area contributed by atoms with Crippen molar-refractivity contribution in [3.8, 4) is 0 Å². The van der Waals surface area contributed by atoms with Gasteiger partial charge in [0.2, 0.25) is 0 Å². The molecule has 2 rings (SSSR count). The molecule has 0 aromatic heterocycles. The molecule has 1 atom stereocenters. The fourth-order valence-corrected chi connectivity index (χ4v) is 2.28. The van der Waals surface area contributed by atoms with Gasteiger partial charge in [-0.3, -0.25) is 4.79 Å². The Bertz CT molecular complexity index is 420. The summed E-state index contributed by atoms with van der Waals surface area (Å²) in [6.07, 6.45) is 1.23. The minimum absolute atomic E-state index is 0.119. The maximum atomic E-state index is 13.2. The number of hydrogen-bond donors (Lipinski definition) is 1. The van der Waals surface area contributed by atoms with E-state index in [1.807, 2.05) is 0 Å². The van der Waals surface area contributed by atoms with Gasteiger partial charge in [0.1, 0.15) is 5.82 Å². The van der Waals surface area contributed by atoms with E-state index in [0.29, 0.717) is 13.0 Å². The van der Waals surface area contributed by atoms with Crippen molar-refractivity contribution in [1.82, 2.24) is 5.32 Å². The summed E-state index contributed by atoms with van der Waals surface area (Å²) >= 11 is 0. The average Bonchev–Trinajstić information content (AvgIpc) is 2.51. The van der Waals surface area contributed by atoms with E-state index in [-0.39, 0.29) is 17.7 Å². The first-order chi connectivity index (χ1) is 8.20. The van der Waals surface area contributed by atoms with Gasteiger partial charge in [-0.25, -0.2) is 4.39 Å². The van der Waals surface area contributed by atoms with Gasteiger partial charge in [-0.15, -0.1) is 0 Å². The molecule has 1 aliphatic heterocycles. The molecule has 0 saturated heterocycles. The van der Waals surface area contributed by atoms with Crippen molar-refractivity contribution in [3.63, 3.8) is 0 Å². The molecule has 0 fully saturated rings. The number of carbonyl (C=O) groups is 1. The summed E-state index contributed by atoms with van der Waals surface area (Å²) in [4.78, 5) is 11.4. The van der Waals surface area contributed by atoms with Crippen LogP contribution < -0.4 is 5.32 Å². The number of halogens is 1. The average molecular weight is 237 g/mol. The molecule has 1 heterocycles. The molecule has 0 bridgehead atoms. The molecule has 3 nitrogen and oxygen atoms in total. The highest BCUT2D eigenvalue weighted by Gasteiger charge is 2.21. The number of nitrogens with one attached hydrogen (secondary N) is 1. The molecule has 0 amide bonds. The van der Waals surface area contributed by atoms with Gasteiger partial charge in [0.05, 0.1) is 13.5 Å². The van der Waals surface area contributed by atoms with Gasteiger partial charge in [0.25, 0.3) is 0 Å². The lowest BCUT2D eigenvalue weighted by Gasteiger charge is -2.15. The molecule has 0 aliphatic carbocycles. The van der Waals surface area contributed by atoms with Crippen LogP contribution in [-0.2, 0) is 16.1 Å². The molecule has 0 spiro atoms. The number of methoxy groups -OCH3 is 1. The van der Waals surface area contributed by atoms with Crippen LogP contribution in [0.15, 0.2) is 18.2 Å². The number of ether oxygens (including phenoxy) is 1. The quantitative estimate of drug-likeness (QED) is 0.799. The summed E-state index contributed by atoms with van der Waals surface area (Å²) in [5, 5.41) is 3.23. The van der Waals surface area contributed by atoms with Gasteiger partial charge in [-0.1, -0.05) is 6.07 Å². The fraction of sp³-hybridized carbons (Fsp3) is 0.462. The Morgan fingerprint density at radius 1 is 1.59 bits per heavy atom. The molecule has 17 heavy (non-hydrogen) atoms. The Morgan fingerprint density at radius 3 is 3.18 bits per heavy atom. The van der Waals surface area contributed by atoms with Crippen molar-refractivity contribution in [1.29, 1.82) is 0 Å². The van der Waals surface area contributed by atoms with E-state index in [1.165, 1.54) is 19.2 Å². The predicted octanol–water partition coefficient (Wildman–Crippen LogP) is 1.97. The van der Waals surface area contributed by atoms with E-state index >= 15 is 0 Å². The maximum absolute atomic E-state index is 13.2. The standard InChI is InChI=1S/C13H16FNO2/c1-17-13(16)7-9-4-5-15-8-10-6-11(14)2-3-12(9)10/h2-3,6,9,15H,4-5,7-8H2,1H3. The third-order valence-electron chi connectivity index (χ3n) is 3.17. The normalized spacial score (nSPS) is 19.3. The maximum Gasteiger partial charge on any atom is 0.306 e. The lowest BCUT2D eigenvalue weighted by Crippen LogP contribution is -2.13. The molecule has 1 aromatic rings. The molecule has 1 aromatic carbocycles.